The van der Waals surface area contributed by atoms with Crippen molar-refractivity contribution >= 4 is 5.97 Å². The molecular formula is C20H32N2O6. The molecule has 0 aliphatic carbocycles. The fourth-order valence-electron chi connectivity index (χ4n) is 2.03. The zero-order chi connectivity index (χ0) is 21.5. The molecular weight excluding hydrogens is 364 g/mol. The molecule has 0 saturated heterocycles. The largest absolute Gasteiger partial charge is 0.497 e. The monoisotopic (exact) mass is 396 g/mol. The van der Waals surface area contributed by atoms with Gasteiger partial charge in [-0.3, -0.25) is 4.79 Å². The first-order valence-electron chi connectivity index (χ1n) is 9.20. The number of rotatable bonds is 8. The van der Waals surface area contributed by atoms with E-state index in [2.05, 4.69) is 9.89 Å². The standard InChI is InChI=1S/C16H20N2O6.2C2H6/c1-20-11-5-4-10(14(7-11)21-2)9-23-15-8-12(24-18-15)6-13(17)16(19)22-3;2*1-2/h4-5,7-8,13H,6,9,17H2,1-3H3;2*1-2H3. The van der Waals surface area contributed by atoms with Gasteiger partial charge in [0, 0.05) is 24.1 Å². The van der Waals surface area contributed by atoms with Crippen molar-refractivity contribution in [1.82, 2.24) is 5.16 Å². The molecule has 158 valence electrons. The summed E-state index contributed by atoms with van der Waals surface area (Å²) in [5.74, 6) is 1.54. The second kappa shape index (κ2) is 14.3. The number of benzene rings is 1. The van der Waals surface area contributed by atoms with Gasteiger partial charge in [0.15, 0.2) is 0 Å². The van der Waals surface area contributed by atoms with E-state index in [9.17, 15) is 4.79 Å². The van der Waals surface area contributed by atoms with Crippen LogP contribution in [0, 0.1) is 0 Å². The summed E-state index contributed by atoms with van der Waals surface area (Å²) in [5.41, 5.74) is 6.50. The van der Waals surface area contributed by atoms with Gasteiger partial charge >= 0.3 is 5.97 Å². The summed E-state index contributed by atoms with van der Waals surface area (Å²) < 4.78 is 25.7. The molecule has 8 nitrogen and oxygen atoms in total. The minimum atomic E-state index is -0.808. The number of esters is 1. The molecule has 0 spiro atoms. The minimum absolute atomic E-state index is 0.175. The topological polar surface area (TPSA) is 106 Å². The minimum Gasteiger partial charge on any atom is -0.497 e. The second-order valence-corrected chi connectivity index (χ2v) is 4.93. The quantitative estimate of drug-likeness (QED) is 0.677. The molecule has 1 unspecified atom stereocenters. The molecule has 1 atom stereocenters. The lowest BCUT2D eigenvalue weighted by Crippen LogP contribution is -2.33. The molecule has 0 aliphatic heterocycles. The molecule has 0 aliphatic rings. The Kier molecular flexibility index (Phi) is 12.9. The Labute approximate surface area is 166 Å². The van der Waals surface area contributed by atoms with Gasteiger partial charge in [-0.2, -0.15) is 0 Å². The summed E-state index contributed by atoms with van der Waals surface area (Å²) >= 11 is 0. The van der Waals surface area contributed by atoms with E-state index in [0.29, 0.717) is 23.1 Å². The fourth-order valence-corrected chi connectivity index (χ4v) is 2.03. The van der Waals surface area contributed by atoms with Gasteiger partial charge in [-0.15, -0.1) is 0 Å². The Morgan fingerprint density at radius 2 is 1.79 bits per heavy atom. The van der Waals surface area contributed by atoms with Crippen molar-refractivity contribution in [2.24, 2.45) is 5.73 Å². The van der Waals surface area contributed by atoms with Crippen LogP contribution >= 0.6 is 0 Å². The molecule has 1 aromatic carbocycles. The number of aromatic nitrogens is 1. The second-order valence-electron chi connectivity index (χ2n) is 4.93. The summed E-state index contributed by atoms with van der Waals surface area (Å²) in [7, 11) is 4.43. The first-order chi connectivity index (χ1) is 13.6. The molecule has 0 bridgehead atoms. The van der Waals surface area contributed by atoms with Gasteiger partial charge < -0.3 is 29.2 Å². The number of methoxy groups -OCH3 is 3. The average Bonchev–Trinajstić information content (AvgIpc) is 3.21. The molecule has 0 amide bonds. The summed E-state index contributed by atoms with van der Waals surface area (Å²) in [5, 5.41) is 3.79. The lowest BCUT2D eigenvalue weighted by atomic mass is 10.2. The van der Waals surface area contributed by atoms with Gasteiger partial charge in [-0.05, 0) is 17.3 Å². The van der Waals surface area contributed by atoms with Crippen LogP contribution in [-0.2, 0) is 22.6 Å². The zero-order valence-corrected chi connectivity index (χ0v) is 17.8. The smallest absolute Gasteiger partial charge is 0.323 e. The highest BCUT2D eigenvalue weighted by molar-refractivity contribution is 5.75. The van der Waals surface area contributed by atoms with Gasteiger partial charge in [-0.1, -0.05) is 27.7 Å². The fraction of sp³-hybridized carbons (Fsp3) is 0.500. The third-order valence-electron chi connectivity index (χ3n) is 3.33. The van der Waals surface area contributed by atoms with Crippen LogP contribution in [0.2, 0.25) is 0 Å². The summed E-state index contributed by atoms with van der Waals surface area (Å²) in [6.07, 6.45) is 0.175. The molecule has 0 saturated carbocycles. The van der Waals surface area contributed by atoms with Crippen LogP contribution < -0.4 is 19.9 Å². The maximum atomic E-state index is 11.3. The number of carbonyl (C=O) groups is 1. The van der Waals surface area contributed by atoms with E-state index in [1.54, 1.807) is 26.4 Å². The summed E-state index contributed by atoms with van der Waals surface area (Å²) in [4.78, 5) is 11.3. The molecule has 1 heterocycles. The Morgan fingerprint density at radius 3 is 2.36 bits per heavy atom. The maximum absolute atomic E-state index is 11.3. The Balaban J connectivity index is 0.00000171. The van der Waals surface area contributed by atoms with Crippen LogP contribution in [0.5, 0.6) is 17.4 Å². The molecule has 0 radical (unpaired) electrons. The Hall–Kier alpha value is -2.74. The lowest BCUT2D eigenvalue weighted by Gasteiger charge is -2.10. The van der Waals surface area contributed by atoms with E-state index < -0.39 is 12.0 Å². The van der Waals surface area contributed by atoms with E-state index in [1.807, 2.05) is 39.8 Å². The van der Waals surface area contributed by atoms with Gasteiger partial charge in [0.1, 0.15) is 29.9 Å². The van der Waals surface area contributed by atoms with Crippen LogP contribution in [0.25, 0.3) is 0 Å². The Morgan fingerprint density at radius 1 is 1.11 bits per heavy atom. The average molecular weight is 396 g/mol. The van der Waals surface area contributed by atoms with E-state index in [-0.39, 0.29) is 13.0 Å². The molecule has 28 heavy (non-hydrogen) atoms. The van der Waals surface area contributed by atoms with Crippen LogP contribution in [0.1, 0.15) is 39.0 Å². The first kappa shape index (κ1) is 25.3. The third-order valence-corrected chi connectivity index (χ3v) is 3.33. The van der Waals surface area contributed by atoms with Crippen LogP contribution in [0.3, 0.4) is 0 Å². The van der Waals surface area contributed by atoms with Crippen LogP contribution in [0.4, 0.5) is 0 Å². The highest BCUT2D eigenvalue weighted by Gasteiger charge is 2.18. The van der Waals surface area contributed by atoms with Crippen LogP contribution in [-0.4, -0.2) is 38.5 Å². The molecule has 1 aromatic heterocycles. The van der Waals surface area contributed by atoms with Crippen LogP contribution in [0.15, 0.2) is 28.8 Å². The summed E-state index contributed by atoms with van der Waals surface area (Å²) in [6.45, 7) is 8.24. The van der Waals surface area contributed by atoms with E-state index in [4.69, 9.17) is 24.5 Å². The zero-order valence-electron chi connectivity index (χ0n) is 17.8. The normalized spacial score (nSPS) is 10.4. The van der Waals surface area contributed by atoms with Crippen molar-refractivity contribution in [3.05, 3.63) is 35.6 Å². The number of nitrogens with two attached hydrogens (primary N) is 1. The highest BCUT2D eigenvalue weighted by atomic mass is 16.5. The number of hydrogen-bond donors (Lipinski definition) is 1. The molecule has 2 N–H and O–H groups in total. The van der Waals surface area contributed by atoms with Gasteiger partial charge in [0.05, 0.1) is 21.3 Å². The molecule has 2 aromatic rings. The van der Waals surface area contributed by atoms with Crippen molar-refractivity contribution in [1.29, 1.82) is 0 Å². The third kappa shape index (κ3) is 7.87. The van der Waals surface area contributed by atoms with Gasteiger partial charge in [0.2, 0.25) is 0 Å². The lowest BCUT2D eigenvalue weighted by molar-refractivity contribution is -0.142. The number of hydrogen-bond acceptors (Lipinski definition) is 8. The van der Waals surface area contributed by atoms with Crippen molar-refractivity contribution in [2.45, 2.75) is 46.8 Å². The maximum Gasteiger partial charge on any atom is 0.323 e. The van der Waals surface area contributed by atoms with Gasteiger partial charge in [-0.25, -0.2) is 0 Å². The van der Waals surface area contributed by atoms with Crippen molar-refractivity contribution in [3.63, 3.8) is 0 Å². The first-order valence-corrected chi connectivity index (χ1v) is 9.20. The Bertz CT molecular complexity index is 687. The number of nitrogens with zero attached hydrogens (tertiary/aromatic N) is 1. The molecule has 0 fully saturated rings. The predicted octanol–water partition coefficient (Wildman–Crippen LogP) is 3.37. The van der Waals surface area contributed by atoms with Crippen molar-refractivity contribution in [3.8, 4) is 17.4 Å². The number of carbonyl (C=O) groups excluding carboxylic acids is 1. The van der Waals surface area contributed by atoms with E-state index in [1.165, 1.54) is 7.11 Å². The van der Waals surface area contributed by atoms with Crippen molar-refractivity contribution in [2.75, 3.05) is 21.3 Å². The molecule has 8 heteroatoms. The van der Waals surface area contributed by atoms with E-state index >= 15 is 0 Å². The van der Waals surface area contributed by atoms with Gasteiger partial charge in [0.25, 0.3) is 5.88 Å². The van der Waals surface area contributed by atoms with E-state index in [0.717, 1.165) is 5.56 Å². The highest BCUT2D eigenvalue weighted by Crippen LogP contribution is 2.25. The summed E-state index contributed by atoms with van der Waals surface area (Å²) in [6, 6.07) is 6.19. The number of ether oxygens (including phenoxy) is 4. The van der Waals surface area contributed by atoms with Crippen molar-refractivity contribution < 1.29 is 28.3 Å². The molecule has 2 rings (SSSR count). The predicted molar refractivity (Wildman–Crippen MR) is 107 cm³/mol. The SMILES string of the molecule is CC.CC.COC(=O)C(N)Cc1cc(OCc2ccc(OC)cc2OC)no1.